The van der Waals surface area contributed by atoms with Crippen LogP contribution in [0.25, 0.3) is 0 Å². The molecule has 1 aromatic rings. The van der Waals surface area contributed by atoms with Gasteiger partial charge in [-0.15, -0.1) is 0 Å². The lowest BCUT2D eigenvalue weighted by Gasteiger charge is -2.35. The highest BCUT2D eigenvalue weighted by Crippen LogP contribution is 2.33. The van der Waals surface area contributed by atoms with Gasteiger partial charge in [-0.25, -0.2) is 0 Å². The van der Waals surface area contributed by atoms with Crippen LogP contribution < -0.4 is 10.5 Å². The molecule has 24 heavy (non-hydrogen) atoms. The summed E-state index contributed by atoms with van der Waals surface area (Å²) < 4.78 is 11.1. The van der Waals surface area contributed by atoms with E-state index in [0.29, 0.717) is 12.5 Å². The minimum Gasteiger partial charge on any atom is -0.497 e. The first-order valence-corrected chi connectivity index (χ1v) is 8.92. The average Bonchev–Trinajstić information content (AvgIpc) is 3.07. The zero-order valence-electron chi connectivity index (χ0n) is 14.0. The maximum atomic E-state index is 11.6. The number of carbonyl (C=O) groups excluding carboxylic acids is 1. The fourth-order valence-corrected chi connectivity index (χ4v) is 4.04. The van der Waals surface area contributed by atoms with E-state index in [2.05, 4.69) is 4.90 Å². The van der Waals surface area contributed by atoms with Gasteiger partial charge in [0.05, 0.1) is 19.1 Å². The molecule has 0 aliphatic carbocycles. The van der Waals surface area contributed by atoms with Gasteiger partial charge in [-0.3, -0.25) is 9.69 Å². The second-order valence-corrected chi connectivity index (χ2v) is 7.11. The van der Waals surface area contributed by atoms with Crippen LogP contribution in [0.15, 0.2) is 18.2 Å². The number of nitrogens with zero attached hydrogens (tertiary/aromatic N) is 1. The van der Waals surface area contributed by atoms with E-state index >= 15 is 0 Å². The topological polar surface area (TPSA) is 64.8 Å². The van der Waals surface area contributed by atoms with Crippen LogP contribution in [-0.2, 0) is 16.1 Å². The SMILES string of the molecule is COc1ccc(Cl)c(CN2CCC([C@H]3OCC[C@@H]3C(N)=O)CC2)c1. The summed E-state index contributed by atoms with van der Waals surface area (Å²) in [5, 5.41) is 0.769. The Kier molecular flexibility index (Phi) is 5.64. The summed E-state index contributed by atoms with van der Waals surface area (Å²) in [7, 11) is 1.66. The second-order valence-electron chi connectivity index (χ2n) is 6.70. The minimum atomic E-state index is -0.219. The van der Waals surface area contributed by atoms with Crippen molar-refractivity contribution in [3.8, 4) is 5.75 Å². The summed E-state index contributed by atoms with van der Waals surface area (Å²) in [6.07, 6.45) is 2.82. The van der Waals surface area contributed by atoms with Gasteiger partial charge in [-0.05, 0) is 62.0 Å². The number of benzene rings is 1. The van der Waals surface area contributed by atoms with Crippen molar-refractivity contribution in [3.63, 3.8) is 0 Å². The Labute approximate surface area is 148 Å². The van der Waals surface area contributed by atoms with Gasteiger partial charge in [0.15, 0.2) is 0 Å². The molecule has 2 N–H and O–H groups in total. The van der Waals surface area contributed by atoms with Crippen molar-refractivity contribution in [1.29, 1.82) is 0 Å². The predicted octanol–water partition coefficient (Wildman–Crippen LogP) is 2.45. The Morgan fingerprint density at radius 2 is 2.12 bits per heavy atom. The fourth-order valence-electron chi connectivity index (χ4n) is 3.86. The number of amides is 1. The lowest BCUT2D eigenvalue weighted by atomic mass is 9.84. The first kappa shape index (κ1) is 17.5. The van der Waals surface area contributed by atoms with Crippen LogP contribution in [0.3, 0.4) is 0 Å². The van der Waals surface area contributed by atoms with Crippen molar-refractivity contribution in [2.24, 2.45) is 17.6 Å². The van der Waals surface area contributed by atoms with Crippen molar-refractivity contribution in [3.05, 3.63) is 28.8 Å². The fraction of sp³-hybridized carbons (Fsp3) is 0.611. The lowest BCUT2D eigenvalue weighted by Crippen LogP contribution is -2.41. The Morgan fingerprint density at radius 1 is 1.38 bits per heavy atom. The molecule has 3 rings (SSSR count). The lowest BCUT2D eigenvalue weighted by molar-refractivity contribution is -0.124. The first-order valence-electron chi connectivity index (χ1n) is 8.54. The molecule has 0 radical (unpaired) electrons. The molecule has 2 aliphatic rings. The molecule has 6 heteroatoms. The van der Waals surface area contributed by atoms with Crippen molar-refractivity contribution >= 4 is 17.5 Å². The summed E-state index contributed by atoms with van der Waals surface area (Å²) in [5.74, 6) is 0.910. The highest BCUT2D eigenvalue weighted by atomic mass is 35.5. The third-order valence-electron chi connectivity index (χ3n) is 5.24. The van der Waals surface area contributed by atoms with E-state index in [-0.39, 0.29) is 17.9 Å². The van der Waals surface area contributed by atoms with Gasteiger partial charge in [-0.1, -0.05) is 11.6 Å². The largest absolute Gasteiger partial charge is 0.497 e. The summed E-state index contributed by atoms with van der Waals surface area (Å²) in [5.41, 5.74) is 6.60. The molecule has 2 heterocycles. The molecule has 2 saturated heterocycles. The van der Waals surface area contributed by atoms with E-state index in [4.69, 9.17) is 26.8 Å². The molecular weight excluding hydrogens is 328 g/mol. The molecule has 0 unspecified atom stereocenters. The number of rotatable bonds is 5. The second kappa shape index (κ2) is 7.72. The van der Waals surface area contributed by atoms with Gasteiger partial charge in [0, 0.05) is 18.2 Å². The molecular formula is C18H25ClN2O3. The molecule has 2 fully saturated rings. The van der Waals surface area contributed by atoms with E-state index in [1.807, 2.05) is 18.2 Å². The number of hydrogen-bond acceptors (Lipinski definition) is 4. The number of ether oxygens (including phenoxy) is 2. The number of hydrogen-bond donors (Lipinski definition) is 1. The van der Waals surface area contributed by atoms with Gasteiger partial charge in [0.1, 0.15) is 5.75 Å². The number of methoxy groups -OCH3 is 1. The maximum absolute atomic E-state index is 11.6. The Bertz CT molecular complexity index is 588. The van der Waals surface area contributed by atoms with Crippen molar-refractivity contribution in [1.82, 2.24) is 4.90 Å². The standard InChI is InChI=1S/C18H25ClN2O3/c1-23-14-2-3-16(19)13(10-14)11-21-7-4-12(5-8-21)17-15(18(20)22)6-9-24-17/h2-3,10,12,15,17H,4-9,11H2,1H3,(H2,20,22)/t15-,17+/m0/s1. The van der Waals surface area contributed by atoms with E-state index < -0.39 is 0 Å². The Hall–Kier alpha value is -1.30. The van der Waals surface area contributed by atoms with Crippen LogP contribution >= 0.6 is 11.6 Å². The van der Waals surface area contributed by atoms with E-state index in [0.717, 1.165) is 55.2 Å². The predicted molar refractivity (Wildman–Crippen MR) is 93.0 cm³/mol. The maximum Gasteiger partial charge on any atom is 0.223 e. The minimum absolute atomic E-state index is 0.00468. The van der Waals surface area contributed by atoms with Crippen LogP contribution in [-0.4, -0.2) is 43.7 Å². The monoisotopic (exact) mass is 352 g/mol. The van der Waals surface area contributed by atoms with Gasteiger partial charge in [-0.2, -0.15) is 0 Å². The molecule has 1 aromatic carbocycles. The van der Waals surface area contributed by atoms with Crippen LogP contribution in [0.4, 0.5) is 0 Å². The van der Waals surface area contributed by atoms with E-state index in [9.17, 15) is 4.79 Å². The van der Waals surface area contributed by atoms with E-state index in [1.54, 1.807) is 7.11 Å². The third kappa shape index (κ3) is 3.85. The van der Waals surface area contributed by atoms with Crippen LogP contribution in [0.2, 0.25) is 5.02 Å². The zero-order chi connectivity index (χ0) is 17.1. The number of halogens is 1. The number of primary amides is 1. The van der Waals surface area contributed by atoms with Crippen LogP contribution in [0.5, 0.6) is 5.75 Å². The number of piperidine rings is 1. The molecule has 0 bridgehead atoms. The third-order valence-corrected chi connectivity index (χ3v) is 5.61. The number of likely N-dealkylation sites (tertiary alicyclic amines) is 1. The van der Waals surface area contributed by atoms with Crippen molar-refractivity contribution in [2.45, 2.75) is 31.9 Å². The molecule has 0 spiro atoms. The smallest absolute Gasteiger partial charge is 0.223 e. The highest BCUT2D eigenvalue weighted by molar-refractivity contribution is 6.31. The molecule has 1 amide bonds. The molecule has 0 saturated carbocycles. The summed E-state index contributed by atoms with van der Waals surface area (Å²) in [6, 6.07) is 5.75. The Balaban J connectivity index is 1.57. The first-order chi connectivity index (χ1) is 11.6. The van der Waals surface area contributed by atoms with Crippen molar-refractivity contribution in [2.75, 3.05) is 26.8 Å². The van der Waals surface area contributed by atoms with Crippen LogP contribution in [0, 0.1) is 11.8 Å². The van der Waals surface area contributed by atoms with Gasteiger partial charge < -0.3 is 15.2 Å². The summed E-state index contributed by atoms with van der Waals surface area (Å²) in [4.78, 5) is 14.0. The summed E-state index contributed by atoms with van der Waals surface area (Å²) in [6.45, 7) is 3.42. The zero-order valence-corrected chi connectivity index (χ0v) is 14.8. The molecule has 5 nitrogen and oxygen atoms in total. The molecule has 0 aromatic heterocycles. The average molecular weight is 353 g/mol. The van der Waals surface area contributed by atoms with Gasteiger partial charge in [0.2, 0.25) is 5.91 Å². The highest BCUT2D eigenvalue weighted by Gasteiger charge is 2.39. The number of carbonyl (C=O) groups is 1. The van der Waals surface area contributed by atoms with E-state index in [1.165, 1.54) is 0 Å². The van der Waals surface area contributed by atoms with Gasteiger partial charge in [0.25, 0.3) is 0 Å². The van der Waals surface area contributed by atoms with Gasteiger partial charge >= 0.3 is 0 Å². The molecule has 2 aliphatic heterocycles. The quantitative estimate of drug-likeness (QED) is 0.884. The molecule has 2 atom stereocenters. The molecule has 132 valence electrons. The van der Waals surface area contributed by atoms with Crippen molar-refractivity contribution < 1.29 is 14.3 Å². The Morgan fingerprint density at radius 3 is 2.79 bits per heavy atom. The normalized spacial score (nSPS) is 25.8. The number of nitrogens with two attached hydrogens (primary N) is 1. The summed E-state index contributed by atoms with van der Waals surface area (Å²) >= 11 is 6.31. The van der Waals surface area contributed by atoms with Crippen LogP contribution in [0.1, 0.15) is 24.8 Å².